The number of thioether (sulfide) groups is 1. The number of esters is 1. The van der Waals surface area contributed by atoms with Crippen LogP contribution in [0, 0.1) is 0 Å². The Labute approximate surface area is 162 Å². The van der Waals surface area contributed by atoms with E-state index in [1.807, 2.05) is 36.6 Å². The molecule has 1 unspecified atom stereocenters. The van der Waals surface area contributed by atoms with E-state index < -0.39 is 23.8 Å². The SMILES string of the molecule is CSCCC(C(=O)OCCc1ccccc1)N1C(=O)c2ccccc2C1=O. The van der Waals surface area contributed by atoms with Crippen LogP contribution >= 0.6 is 11.8 Å². The Morgan fingerprint density at radius 1 is 1.00 bits per heavy atom. The van der Waals surface area contributed by atoms with Gasteiger partial charge in [0.05, 0.1) is 17.7 Å². The first-order valence-corrected chi connectivity index (χ1v) is 10.2. The summed E-state index contributed by atoms with van der Waals surface area (Å²) in [6.07, 6.45) is 2.88. The fourth-order valence-electron chi connectivity index (χ4n) is 3.08. The molecule has 1 aliphatic rings. The van der Waals surface area contributed by atoms with Crippen molar-refractivity contribution in [1.82, 2.24) is 4.90 Å². The van der Waals surface area contributed by atoms with Crippen LogP contribution < -0.4 is 0 Å². The minimum atomic E-state index is -0.902. The fraction of sp³-hybridized carbons (Fsp3) is 0.286. The Hall–Kier alpha value is -2.60. The first kappa shape index (κ1) is 19.2. The summed E-state index contributed by atoms with van der Waals surface area (Å²) in [5.41, 5.74) is 1.74. The van der Waals surface area contributed by atoms with Crippen molar-refractivity contribution in [3.63, 3.8) is 0 Å². The number of imide groups is 1. The number of nitrogens with zero attached hydrogens (tertiary/aromatic N) is 1. The van der Waals surface area contributed by atoms with Crippen LogP contribution in [0.2, 0.25) is 0 Å². The predicted octanol–water partition coefficient (Wildman–Crippen LogP) is 3.19. The lowest BCUT2D eigenvalue weighted by Gasteiger charge is -2.24. The number of carbonyl (C=O) groups excluding carboxylic acids is 3. The highest BCUT2D eigenvalue weighted by molar-refractivity contribution is 7.98. The molecular weight excluding hydrogens is 362 g/mol. The van der Waals surface area contributed by atoms with Crippen LogP contribution in [0.5, 0.6) is 0 Å². The number of fused-ring (bicyclic) bond motifs is 1. The predicted molar refractivity (Wildman–Crippen MR) is 105 cm³/mol. The molecule has 0 spiro atoms. The van der Waals surface area contributed by atoms with E-state index in [2.05, 4.69) is 0 Å². The van der Waals surface area contributed by atoms with Gasteiger partial charge in [-0.25, -0.2) is 4.79 Å². The molecule has 0 saturated heterocycles. The van der Waals surface area contributed by atoms with Crippen LogP contribution in [-0.4, -0.2) is 47.3 Å². The Bertz CT molecular complexity index is 802. The Morgan fingerprint density at radius 2 is 1.59 bits per heavy atom. The molecule has 0 N–H and O–H groups in total. The topological polar surface area (TPSA) is 63.7 Å². The highest BCUT2D eigenvalue weighted by Gasteiger charge is 2.43. The second-order valence-corrected chi connectivity index (χ2v) is 7.21. The first-order valence-electron chi connectivity index (χ1n) is 8.80. The molecule has 27 heavy (non-hydrogen) atoms. The molecule has 2 aromatic carbocycles. The minimum absolute atomic E-state index is 0.210. The summed E-state index contributed by atoms with van der Waals surface area (Å²) >= 11 is 1.56. The summed E-state index contributed by atoms with van der Waals surface area (Å²) in [4.78, 5) is 39.2. The van der Waals surface area contributed by atoms with E-state index in [4.69, 9.17) is 4.74 Å². The molecule has 0 saturated carbocycles. The monoisotopic (exact) mass is 383 g/mol. The van der Waals surface area contributed by atoms with E-state index in [0.717, 1.165) is 10.5 Å². The van der Waals surface area contributed by atoms with Crippen LogP contribution in [0.3, 0.4) is 0 Å². The Morgan fingerprint density at radius 3 is 2.19 bits per heavy atom. The number of amides is 2. The fourth-order valence-corrected chi connectivity index (χ4v) is 3.54. The zero-order valence-electron chi connectivity index (χ0n) is 15.1. The number of benzene rings is 2. The standard InChI is InChI=1S/C21H21NO4S/c1-27-14-12-18(21(25)26-13-11-15-7-3-2-4-8-15)22-19(23)16-9-5-6-10-17(16)20(22)24/h2-10,18H,11-14H2,1H3. The average molecular weight is 383 g/mol. The van der Waals surface area contributed by atoms with Crippen LogP contribution in [0.4, 0.5) is 0 Å². The van der Waals surface area contributed by atoms with Crippen molar-refractivity contribution >= 4 is 29.5 Å². The molecule has 0 bridgehead atoms. The molecule has 6 heteroatoms. The van der Waals surface area contributed by atoms with Crippen LogP contribution in [-0.2, 0) is 16.0 Å². The van der Waals surface area contributed by atoms with E-state index >= 15 is 0 Å². The van der Waals surface area contributed by atoms with Gasteiger partial charge >= 0.3 is 5.97 Å². The molecule has 0 aliphatic carbocycles. The number of carbonyl (C=O) groups is 3. The summed E-state index contributed by atoms with van der Waals surface area (Å²) in [5.74, 6) is -0.746. The number of ether oxygens (including phenoxy) is 1. The summed E-state index contributed by atoms with van der Waals surface area (Å²) < 4.78 is 5.42. The molecule has 0 fully saturated rings. The zero-order valence-corrected chi connectivity index (χ0v) is 15.9. The van der Waals surface area contributed by atoms with Gasteiger partial charge in [-0.05, 0) is 36.1 Å². The second-order valence-electron chi connectivity index (χ2n) is 6.23. The van der Waals surface area contributed by atoms with E-state index in [1.54, 1.807) is 36.0 Å². The van der Waals surface area contributed by atoms with Gasteiger partial charge in [-0.2, -0.15) is 11.8 Å². The van der Waals surface area contributed by atoms with Gasteiger partial charge in [0, 0.05) is 6.42 Å². The summed E-state index contributed by atoms with van der Waals surface area (Å²) in [6.45, 7) is 0.210. The molecule has 1 atom stereocenters. The molecule has 0 radical (unpaired) electrons. The van der Waals surface area contributed by atoms with Crippen LogP contribution in [0.1, 0.15) is 32.7 Å². The molecule has 5 nitrogen and oxygen atoms in total. The summed E-state index contributed by atoms with van der Waals surface area (Å²) in [7, 11) is 0. The third-order valence-corrected chi connectivity index (χ3v) is 5.13. The molecule has 2 aromatic rings. The smallest absolute Gasteiger partial charge is 0.329 e. The van der Waals surface area contributed by atoms with Gasteiger partial charge < -0.3 is 4.74 Å². The summed E-state index contributed by atoms with van der Waals surface area (Å²) in [6, 6.07) is 15.5. The van der Waals surface area contributed by atoms with E-state index in [0.29, 0.717) is 29.7 Å². The van der Waals surface area contributed by atoms with Crippen molar-refractivity contribution in [2.45, 2.75) is 18.9 Å². The number of hydrogen-bond acceptors (Lipinski definition) is 5. The van der Waals surface area contributed by atoms with Gasteiger partial charge in [0.1, 0.15) is 6.04 Å². The minimum Gasteiger partial charge on any atom is -0.464 e. The van der Waals surface area contributed by atoms with Gasteiger partial charge in [-0.1, -0.05) is 42.5 Å². The third kappa shape index (κ3) is 4.22. The third-order valence-electron chi connectivity index (χ3n) is 4.48. The van der Waals surface area contributed by atoms with Crippen molar-refractivity contribution in [1.29, 1.82) is 0 Å². The average Bonchev–Trinajstić information content (AvgIpc) is 2.95. The Balaban J connectivity index is 1.71. The van der Waals surface area contributed by atoms with Crippen molar-refractivity contribution in [3.8, 4) is 0 Å². The molecule has 0 aromatic heterocycles. The largest absolute Gasteiger partial charge is 0.464 e. The highest BCUT2D eigenvalue weighted by Crippen LogP contribution is 2.26. The first-order chi connectivity index (χ1) is 13.1. The lowest BCUT2D eigenvalue weighted by atomic mass is 10.1. The maximum absolute atomic E-state index is 12.7. The normalized spacial score (nSPS) is 14.2. The lowest BCUT2D eigenvalue weighted by molar-refractivity contribution is -0.148. The number of rotatable bonds is 8. The molecule has 1 heterocycles. The van der Waals surface area contributed by atoms with Gasteiger partial charge in [0.25, 0.3) is 11.8 Å². The zero-order chi connectivity index (χ0) is 19.2. The van der Waals surface area contributed by atoms with Crippen molar-refractivity contribution in [3.05, 3.63) is 71.3 Å². The molecular formula is C21H21NO4S. The number of hydrogen-bond donors (Lipinski definition) is 0. The second kappa shape index (κ2) is 8.86. The Kier molecular flexibility index (Phi) is 6.29. The van der Waals surface area contributed by atoms with Gasteiger partial charge in [-0.3, -0.25) is 14.5 Å². The van der Waals surface area contributed by atoms with E-state index in [9.17, 15) is 14.4 Å². The highest BCUT2D eigenvalue weighted by atomic mass is 32.2. The molecule has 3 rings (SSSR count). The molecule has 140 valence electrons. The van der Waals surface area contributed by atoms with Crippen LogP contribution in [0.25, 0.3) is 0 Å². The maximum Gasteiger partial charge on any atom is 0.329 e. The van der Waals surface area contributed by atoms with Gasteiger partial charge in [0.2, 0.25) is 0 Å². The molecule has 2 amide bonds. The van der Waals surface area contributed by atoms with Gasteiger partial charge in [-0.15, -0.1) is 0 Å². The van der Waals surface area contributed by atoms with Crippen molar-refractivity contribution in [2.24, 2.45) is 0 Å². The van der Waals surface area contributed by atoms with Crippen molar-refractivity contribution < 1.29 is 19.1 Å². The van der Waals surface area contributed by atoms with E-state index in [1.165, 1.54) is 0 Å². The molecule has 1 aliphatic heterocycles. The van der Waals surface area contributed by atoms with Gasteiger partial charge in [0.15, 0.2) is 0 Å². The quantitative estimate of drug-likeness (QED) is 0.517. The lowest BCUT2D eigenvalue weighted by Crippen LogP contribution is -2.46. The van der Waals surface area contributed by atoms with Crippen molar-refractivity contribution in [2.75, 3.05) is 18.6 Å². The van der Waals surface area contributed by atoms with E-state index in [-0.39, 0.29) is 6.61 Å². The maximum atomic E-state index is 12.7. The van der Waals surface area contributed by atoms with Crippen LogP contribution in [0.15, 0.2) is 54.6 Å². The summed E-state index contributed by atoms with van der Waals surface area (Å²) in [5, 5.41) is 0.